The van der Waals surface area contributed by atoms with Gasteiger partial charge in [-0.1, -0.05) is 30.3 Å². The van der Waals surface area contributed by atoms with Gasteiger partial charge in [0.15, 0.2) is 5.69 Å². The molecule has 0 fully saturated rings. The van der Waals surface area contributed by atoms with Crippen LogP contribution in [0.1, 0.15) is 29.2 Å². The number of hydrogen-bond donors (Lipinski definition) is 2. The van der Waals surface area contributed by atoms with E-state index in [0.717, 1.165) is 11.0 Å². The van der Waals surface area contributed by atoms with Crippen molar-refractivity contribution in [3.8, 4) is 0 Å². The van der Waals surface area contributed by atoms with Gasteiger partial charge in [-0.05, 0) is 31.2 Å². The maximum Gasteiger partial charge on any atom is 0.276 e. The zero-order valence-corrected chi connectivity index (χ0v) is 13.4. The molecule has 25 heavy (non-hydrogen) atoms. The maximum absolute atomic E-state index is 12.5. The van der Waals surface area contributed by atoms with Crippen molar-refractivity contribution in [2.45, 2.75) is 13.0 Å². The monoisotopic (exact) mass is 333 g/mol. The lowest BCUT2D eigenvalue weighted by molar-refractivity contribution is 0.0928. The maximum atomic E-state index is 12.5. The molecule has 0 radical (unpaired) electrons. The molecule has 0 saturated heterocycles. The largest absolute Gasteiger partial charge is 0.459 e. The van der Waals surface area contributed by atoms with Crippen molar-refractivity contribution in [2.24, 2.45) is 0 Å². The Labute approximate surface area is 142 Å². The van der Waals surface area contributed by atoms with E-state index in [1.165, 1.54) is 0 Å². The molecule has 0 spiro atoms. The van der Waals surface area contributed by atoms with E-state index in [1.54, 1.807) is 31.2 Å². The number of carbonyl (C=O) groups is 1. The smallest absolute Gasteiger partial charge is 0.276 e. The fraction of sp³-hybridized carbons (Fsp3) is 0.105. The summed E-state index contributed by atoms with van der Waals surface area (Å²) in [5, 5.41) is 10.8. The summed E-state index contributed by atoms with van der Waals surface area (Å²) < 4.78 is 5.75. The Morgan fingerprint density at radius 1 is 1.16 bits per heavy atom. The summed E-state index contributed by atoms with van der Waals surface area (Å²) in [5.74, 6) is 0.0757. The molecule has 2 heterocycles. The van der Waals surface area contributed by atoms with E-state index in [4.69, 9.17) is 4.42 Å². The number of aromatic nitrogens is 2. The van der Waals surface area contributed by atoms with Crippen molar-refractivity contribution in [3.05, 3.63) is 76.3 Å². The highest BCUT2D eigenvalue weighted by Crippen LogP contribution is 2.23. The van der Waals surface area contributed by atoms with Crippen LogP contribution in [0.2, 0.25) is 0 Å². The fourth-order valence-corrected chi connectivity index (χ4v) is 2.78. The third kappa shape index (κ3) is 2.67. The highest BCUT2D eigenvalue weighted by molar-refractivity contribution is 5.95. The SMILES string of the molecule is C[C@@H](NC(=O)c1n[nH]c2ccccc2c1=O)c1cc2ccccc2o1. The summed E-state index contributed by atoms with van der Waals surface area (Å²) in [6.07, 6.45) is 0. The lowest BCUT2D eigenvalue weighted by atomic mass is 10.2. The number of furan rings is 1. The number of H-pyrrole nitrogens is 1. The summed E-state index contributed by atoms with van der Waals surface area (Å²) in [5.41, 5.74) is 0.778. The average molecular weight is 333 g/mol. The van der Waals surface area contributed by atoms with Crippen LogP contribution < -0.4 is 10.7 Å². The molecule has 124 valence electrons. The van der Waals surface area contributed by atoms with Gasteiger partial charge < -0.3 is 9.73 Å². The molecule has 1 amide bonds. The number of aromatic amines is 1. The van der Waals surface area contributed by atoms with Crippen LogP contribution in [0.3, 0.4) is 0 Å². The third-order valence-electron chi connectivity index (χ3n) is 4.11. The van der Waals surface area contributed by atoms with Crippen molar-refractivity contribution >= 4 is 27.8 Å². The Kier molecular flexibility index (Phi) is 3.57. The first kappa shape index (κ1) is 15.1. The molecule has 0 saturated carbocycles. The van der Waals surface area contributed by atoms with E-state index in [2.05, 4.69) is 15.5 Å². The molecule has 6 nitrogen and oxygen atoms in total. The van der Waals surface area contributed by atoms with Gasteiger partial charge >= 0.3 is 0 Å². The van der Waals surface area contributed by atoms with Gasteiger partial charge in [0.05, 0.1) is 11.6 Å². The molecule has 2 N–H and O–H groups in total. The van der Waals surface area contributed by atoms with Crippen LogP contribution in [0.15, 0.2) is 63.8 Å². The number of benzene rings is 2. The fourth-order valence-electron chi connectivity index (χ4n) is 2.78. The van der Waals surface area contributed by atoms with Gasteiger partial charge in [0.1, 0.15) is 11.3 Å². The molecule has 0 bridgehead atoms. The Hall–Kier alpha value is -3.41. The van der Waals surface area contributed by atoms with Crippen molar-refractivity contribution in [1.29, 1.82) is 0 Å². The van der Waals surface area contributed by atoms with Gasteiger partial charge in [-0.3, -0.25) is 14.7 Å². The lowest BCUT2D eigenvalue weighted by Crippen LogP contribution is -2.32. The predicted octanol–water partition coefficient (Wildman–Crippen LogP) is 3.16. The lowest BCUT2D eigenvalue weighted by Gasteiger charge is -2.10. The summed E-state index contributed by atoms with van der Waals surface area (Å²) in [7, 11) is 0. The summed E-state index contributed by atoms with van der Waals surface area (Å²) in [6, 6.07) is 16.0. The van der Waals surface area contributed by atoms with E-state index < -0.39 is 17.4 Å². The molecule has 0 aliphatic heterocycles. The number of rotatable bonds is 3. The van der Waals surface area contributed by atoms with Gasteiger partial charge in [-0.2, -0.15) is 5.10 Å². The normalized spacial score (nSPS) is 12.4. The second-order valence-corrected chi connectivity index (χ2v) is 5.83. The standard InChI is InChI=1S/C19H15N3O3/c1-11(16-10-12-6-2-5-9-15(12)25-16)20-19(24)17-18(23)13-7-3-4-8-14(13)21-22-17/h2-11H,1H3,(H,20,24)(H,21,23)/t11-/m1/s1. The second-order valence-electron chi connectivity index (χ2n) is 5.83. The molecule has 4 rings (SSSR count). The quantitative estimate of drug-likeness (QED) is 0.603. The Bertz CT molecular complexity index is 1110. The molecular weight excluding hydrogens is 318 g/mol. The third-order valence-corrected chi connectivity index (χ3v) is 4.11. The predicted molar refractivity (Wildman–Crippen MR) is 94.5 cm³/mol. The highest BCUT2D eigenvalue weighted by atomic mass is 16.3. The molecule has 0 aliphatic rings. The molecule has 1 atom stereocenters. The Morgan fingerprint density at radius 3 is 2.76 bits per heavy atom. The number of carbonyl (C=O) groups excluding carboxylic acids is 1. The molecule has 2 aromatic heterocycles. The molecule has 0 unspecified atom stereocenters. The number of hydrogen-bond acceptors (Lipinski definition) is 4. The minimum absolute atomic E-state index is 0.165. The molecule has 2 aromatic carbocycles. The molecule has 4 aromatic rings. The van der Waals surface area contributed by atoms with Gasteiger partial charge in [-0.15, -0.1) is 0 Å². The molecule has 0 aliphatic carbocycles. The zero-order chi connectivity index (χ0) is 17.4. The number of para-hydroxylation sites is 2. The minimum atomic E-state index is -0.542. The number of nitrogens with one attached hydrogen (secondary N) is 2. The van der Waals surface area contributed by atoms with E-state index in [9.17, 15) is 9.59 Å². The van der Waals surface area contributed by atoms with E-state index >= 15 is 0 Å². The van der Waals surface area contributed by atoms with Crippen molar-refractivity contribution in [3.63, 3.8) is 0 Å². The van der Waals surface area contributed by atoms with Crippen LogP contribution in [0.5, 0.6) is 0 Å². The minimum Gasteiger partial charge on any atom is -0.459 e. The van der Waals surface area contributed by atoms with Crippen LogP contribution in [0, 0.1) is 0 Å². The van der Waals surface area contributed by atoms with Gasteiger partial charge in [0.2, 0.25) is 5.43 Å². The first-order chi connectivity index (χ1) is 12.1. The van der Waals surface area contributed by atoms with Gasteiger partial charge in [0, 0.05) is 10.8 Å². The van der Waals surface area contributed by atoms with Crippen molar-refractivity contribution in [1.82, 2.24) is 15.5 Å². The van der Waals surface area contributed by atoms with Crippen LogP contribution in [-0.2, 0) is 0 Å². The average Bonchev–Trinajstić information content (AvgIpc) is 3.06. The molecular formula is C19H15N3O3. The van der Waals surface area contributed by atoms with Crippen LogP contribution in [0.4, 0.5) is 0 Å². The highest BCUT2D eigenvalue weighted by Gasteiger charge is 2.19. The number of amides is 1. The van der Waals surface area contributed by atoms with Gasteiger partial charge in [0.25, 0.3) is 5.91 Å². The second kappa shape index (κ2) is 5.90. The van der Waals surface area contributed by atoms with Crippen LogP contribution in [0.25, 0.3) is 21.9 Å². The van der Waals surface area contributed by atoms with E-state index in [1.807, 2.05) is 30.3 Å². The summed E-state index contributed by atoms with van der Waals surface area (Å²) in [4.78, 5) is 24.9. The number of nitrogens with zero attached hydrogens (tertiary/aromatic N) is 1. The van der Waals surface area contributed by atoms with Crippen molar-refractivity contribution in [2.75, 3.05) is 0 Å². The summed E-state index contributed by atoms with van der Waals surface area (Å²) in [6.45, 7) is 1.80. The zero-order valence-electron chi connectivity index (χ0n) is 13.4. The first-order valence-corrected chi connectivity index (χ1v) is 7.90. The molecule has 6 heteroatoms. The van der Waals surface area contributed by atoms with Crippen LogP contribution >= 0.6 is 0 Å². The number of fused-ring (bicyclic) bond motifs is 2. The van der Waals surface area contributed by atoms with E-state index in [0.29, 0.717) is 16.7 Å². The first-order valence-electron chi connectivity index (χ1n) is 7.90. The van der Waals surface area contributed by atoms with Crippen LogP contribution in [-0.4, -0.2) is 16.1 Å². The summed E-state index contributed by atoms with van der Waals surface area (Å²) >= 11 is 0. The Balaban J connectivity index is 1.63. The van der Waals surface area contributed by atoms with Gasteiger partial charge in [-0.25, -0.2) is 0 Å². The Morgan fingerprint density at radius 2 is 1.92 bits per heavy atom. The van der Waals surface area contributed by atoms with Crippen molar-refractivity contribution < 1.29 is 9.21 Å². The topological polar surface area (TPSA) is 88.0 Å². The van der Waals surface area contributed by atoms with E-state index in [-0.39, 0.29) is 5.69 Å².